The molecular formula is C10H10Cl2N2O2S. The van der Waals surface area contributed by atoms with Gasteiger partial charge in [0.25, 0.3) is 10.0 Å². The number of aryl methyl sites for hydroxylation is 1. The number of hydrogen-bond donors (Lipinski definition) is 0. The summed E-state index contributed by atoms with van der Waals surface area (Å²) in [6, 6.07) is 6.29. The van der Waals surface area contributed by atoms with Gasteiger partial charge in [0.1, 0.15) is 4.49 Å². The molecule has 1 aromatic carbocycles. The Morgan fingerprint density at radius 2 is 1.71 bits per heavy atom. The van der Waals surface area contributed by atoms with Crippen LogP contribution >= 0.6 is 23.2 Å². The van der Waals surface area contributed by atoms with E-state index in [1.54, 1.807) is 12.1 Å². The first kappa shape index (κ1) is 14.2. The van der Waals surface area contributed by atoms with Crippen molar-refractivity contribution < 1.29 is 8.42 Å². The minimum absolute atomic E-state index is 0.0744. The number of allylic oxidation sites excluding steroid dienone is 1. The van der Waals surface area contributed by atoms with Gasteiger partial charge in [-0.25, -0.2) is 0 Å². The Hall–Kier alpha value is -0.910. The normalized spacial score (nSPS) is 11.8. The molecule has 0 N–H and O–H groups in total. The van der Waals surface area contributed by atoms with Gasteiger partial charge in [0.15, 0.2) is 0 Å². The molecule has 0 saturated carbocycles. The number of nitrogens with zero attached hydrogens (tertiary/aromatic N) is 2. The van der Waals surface area contributed by atoms with Crippen LogP contribution in [0.15, 0.2) is 49.0 Å². The van der Waals surface area contributed by atoms with Crippen LogP contribution in [0.5, 0.6) is 0 Å². The van der Waals surface area contributed by atoms with E-state index >= 15 is 0 Å². The van der Waals surface area contributed by atoms with Crippen LogP contribution < -0.4 is 0 Å². The lowest BCUT2D eigenvalue weighted by atomic mass is 10.2. The van der Waals surface area contributed by atoms with Crippen molar-refractivity contribution in [3.63, 3.8) is 0 Å². The molecule has 4 nitrogen and oxygen atoms in total. The molecule has 0 aliphatic heterocycles. The van der Waals surface area contributed by atoms with E-state index in [1.165, 1.54) is 19.1 Å². The van der Waals surface area contributed by atoms with Crippen LogP contribution in [0.3, 0.4) is 0 Å². The molecule has 0 amide bonds. The van der Waals surface area contributed by atoms with Gasteiger partial charge in [-0.1, -0.05) is 45.4 Å². The monoisotopic (exact) mass is 292 g/mol. The lowest BCUT2D eigenvalue weighted by Gasteiger charge is -1.98. The molecule has 0 aliphatic rings. The second-order valence-electron chi connectivity index (χ2n) is 3.32. The molecule has 0 aromatic heterocycles. The fourth-order valence-corrected chi connectivity index (χ4v) is 1.79. The molecule has 0 saturated heterocycles. The summed E-state index contributed by atoms with van der Waals surface area (Å²) in [4.78, 5) is 0.0744. The highest BCUT2D eigenvalue weighted by Crippen LogP contribution is 2.18. The summed E-state index contributed by atoms with van der Waals surface area (Å²) in [6.45, 7) is 3.32. The molecule has 0 heterocycles. The molecule has 92 valence electrons. The Morgan fingerprint density at radius 1 is 1.18 bits per heavy atom. The van der Waals surface area contributed by atoms with Gasteiger partial charge in [0.2, 0.25) is 0 Å². The summed E-state index contributed by atoms with van der Waals surface area (Å²) in [5.41, 5.74) is 1.10. The third kappa shape index (κ3) is 4.11. The molecule has 0 bridgehead atoms. The largest absolute Gasteiger partial charge is 0.299 e. The average molecular weight is 293 g/mol. The molecule has 0 aliphatic carbocycles. The quantitative estimate of drug-likeness (QED) is 0.796. The minimum Gasteiger partial charge on any atom is -0.198 e. The van der Waals surface area contributed by atoms with Crippen molar-refractivity contribution in [2.75, 3.05) is 0 Å². The van der Waals surface area contributed by atoms with Crippen molar-refractivity contribution >= 4 is 33.2 Å². The van der Waals surface area contributed by atoms with E-state index in [-0.39, 0.29) is 15.1 Å². The Morgan fingerprint density at radius 3 is 2.18 bits per heavy atom. The molecule has 0 spiro atoms. The van der Waals surface area contributed by atoms with E-state index in [0.717, 1.165) is 5.56 Å². The van der Waals surface area contributed by atoms with E-state index in [4.69, 9.17) is 23.2 Å². The van der Waals surface area contributed by atoms with Crippen molar-refractivity contribution in [3.8, 4) is 0 Å². The van der Waals surface area contributed by atoms with E-state index in [1.807, 2.05) is 6.92 Å². The summed E-state index contributed by atoms with van der Waals surface area (Å²) in [5.74, 6) is 0. The summed E-state index contributed by atoms with van der Waals surface area (Å²) in [5, 5.41) is 3.45. The van der Waals surface area contributed by atoms with Gasteiger partial charge in [-0.3, -0.25) is 0 Å². The first-order valence-corrected chi connectivity index (χ1v) is 6.79. The minimum atomic E-state index is -3.80. The van der Waals surface area contributed by atoms with Crippen molar-refractivity contribution in [1.82, 2.24) is 0 Å². The fourth-order valence-electron chi connectivity index (χ4n) is 0.910. The van der Waals surface area contributed by atoms with Gasteiger partial charge in [-0.05, 0) is 26.0 Å². The standard InChI is InChI=1S/C10H10Cl2N2O2S/c1-7-3-5-9(6-4-7)17(15,16)14-13-8(2)10(11)12/h3-6H,1-2H3. The van der Waals surface area contributed by atoms with Crippen LogP contribution in [0.25, 0.3) is 0 Å². The Labute approximate surface area is 110 Å². The molecule has 7 heteroatoms. The van der Waals surface area contributed by atoms with E-state index < -0.39 is 10.0 Å². The lowest BCUT2D eigenvalue weighted by Crippen LogP contribution is -1.95. The fraction of sp³-hybridized carbons (Fsp3) is 0.200. The molecule has 1 aromatic rings. The van der Waals surface area contributed by atoms with Gasteiger partial charge in [0.05, 0.1) is 10.6 Å². The highest BCUT2D eigenvalue weighted by molar-refractivity contribution is 7.90. The zero-order valence-corrected chi connectivity index (χ0v) is 11.5. The summed E-state index contributed by atoms with van der Waals surface area (Å²) < 4.78 is 26.5. The molecule has 0 fully saturated rings. The molecule has 0 unspecified atom stereocenters. The second kappa shape index (κ2) is 5.62. The summed E-state index contributed by atoms with van der Waals surface area (Å²) in [6.07, 6.45) is 0. The van der Waals surface area contributed by atoms with Crippen molar-refractivity contribution in [3.05, 3.63) is 40.0 Å². The SMILES string of the molecule is CC(N=NS(=O)(=O)c1ccc(C)cc1)=C(Cl)Cl. The third-order valence-corrected chi connectivity index (χ3v) is 3.60. The average Bonchev–Trinajstić information content (AvgIpc) is 2.26. The second-order valence-corrected chi connectivity index (χ2v) is 5.85. The maximum Gasteiger partial charge on any atom is 0.299 e. The van der Waals surface area contributed by atoms with Crippen molar-refractivity contribution in [1.29, 1.82) is 0 Å². The van der Waals surface area contributed by atoms with Gasteiger partial charge < -0.3 is 0 Å². The first-order valence-electron chi connectivity index (χ1n) is 4.59. The topological polar surface area (TPSA) is 58.9 Å². The van der Waals surface area contributed by atoms with Crippen LogP contribution in [0, 0.1) is 6.92 Å². The Kier molecular flexibility index (Phi) is 4.68. The smallest absolute Gasteiger partial charge is 0.198 e. The number of sulfonamides is 1. The van der Waals surface area contributed by atoms with Crippen LogP contribution in [-0.4, -0.2) is 8.42 Å². The van der Waals surface area contributed by atoms with Crippen LogP contribution in [-0.2, 0) is 10.0 Å². The highest BCUT2D eigenvalue weighted by Gasteiger charge is 2.12. The van der Waals surface area contributed by atoms with E-state index in [9.17, 15) is 8.42 Å². The highest BCUT2D eigenvalue weighted by atomic mass is 35.5. The van der Waals surface area contributed by atoms with Crippen LogP contribution in [0.4, 0.5) is 0 Å². The number of benzene rings is 1. The molecular weight excluding hydrogens is 283 g/mol. The van der Waals surface area contributed by atoms with Crippen LogP contribution in [0.1, 0.15) is 12.5 Å². The Balaban J connectivity index is 3.06. The van der Waals surface area contributed by atoms with Crippen molar-refractivity contribution in [2.24, 2.45) is 9.63 Å². The zero-order chi connectivity index (χ0) is 13.1. The maximum absolute atomic E-state index is 11.7. The lowest BCUT2D eigenvalue weighted by molar-refractivity contribution is 0.595. The van der Waals surface area contributed by atoms with Gasteiger partial charge in [-0.15, -0.1) is 5.11 Å². The molecule has 1 rings (SSSR count). The summed E-state index contributed by atoms with van der Waals surface area (Å²) in [7, 11) is -3.80. The molecule has 0 radical (unpaired) electrons. The van der Waals surface area contributed by atoms with E-state index in [0.29, 0.717) is 0 Å². The number of hydrogen-bond acceptors (Lipinski definition) is 3. The predicted molar refractivity (Wildman–Crippen MR) is 67.6 cm³/mol. The predicted octanol–water partition coefficient (Wildman–Crippen LogP) is 3.80. The number of halogens is 2. The van der Waals surface area contributed by atoms with Crippen molar-refractivity contribution in [2.45, 2.75) is 18.7 Å². The summed E-state index contributed by atoms with van der Waals surface area (Å²) >= 11 is 10.8. The Bertz CT molecular complexity index is 558. The maximum atomic E-state index is 11.7. The molecule has 0 atom stereocenters. The number of rotatable bonds is 3. The first-order chi connectivity index (χ1) is 7.83. The van der Waals surface area contributed by atoms with Gasteiger partial charge in [0, 0.05) is 0 Å². The van der Waals surface area contributed by atoms with Crippen LogP contribution in [0.2, 0.25) is 0 Å². The zero-order valence-electron chi connectivity index (χ0n) is 9.18. The van der Waals surface area contributed by atoms with E-state index in [2.05, 4.69) is 9.63 Å². The third-order valence-electron chi connectivity index (χ3n) is 1.89. The van der Waals surface area contributed by atoms with Gasteiger partial charge in [-0.2, -0.15) is 8.42 Å². The van der Waals surface area contributed by atoms with Gasteiger partial charge >= 0.3 is 0 Å². The molecule has 17 heavy (non-hydrogen) atoms.